The zero-order valence-electron chi connectivity index (χ0n) is 17.1. The second kappa shape index (κ2) is 9.30. The summed E-state index contributed by atoms with van der Waals surface area (Å²) >= 11 is 0. The van der Waals surface area contributed by atoms with Gasteiger partial charge in [0.15, 0.2) is 5.82 Å². The van der Waals surface area contributed by atoms with Crippen LogP contribution in [0.5, 0.6) is 0 Å². The van der Waals surface area contributed by atoms with Crippen molar-refractivity contribution < 1.29 is 21.6 Å². The van der Waals surface area contributed by atoms with E-state index in [1.807, 2.05) is 0 Å². The molecule has 1 aliphatic heterocycles. The number of tetrazole rings is 1. The van der Waals surface area contributed by atoms with Crippen LogP contribution in [0.2, 0.25) is 0 Å². The highest BCUT2D eigenvalue weighted by molar-refractivity contribution is 7.89. The van der Waals surface area contributed by atoms with Crippen molar-refractivity contribution in [2.75, 3.05) is 13.1 Å². The maximum atomic E-state index is 13.6. The number of hydrogen-bond acceptors (Lipinski definition) is 7. The van der Waals surface area contributed by atoms with Crippen LogP contribution in [-0.2, 0) is 16.2 Å². The minimum absolute atomic E-state index is 0.172. The Morgan fingerprint density at radius 3 is 2.50 bits per heavy atom. The molecule has 0 radical (unpaired) electrons. The SMILES string of the molecule is C=N/C(=C\C=C(/C)c1ccc(C(F)(F)F)c(S(N)(=O)=O)c1-c1nnn[nH]1)C1CCNCC1. The van der Waals surface area contributed by atoms with Crippen LogP contribution >= 0.6 is 0 Å². The second-order valence-electron chi connectivity index (χ2n) is 7.28. The zero-order valence-corrected chi connectivity index (χ0v) is 18.0. The van der Waals surface area contributed by atoms with E-state index in [2.05, 4.69) is 37.7 Å². The Labute approximate surface area is 182 Å². The molecule has 3 rings (SSSR count). The fourth-order valence-corrected chi connectivity index (χ4v) is 4.65. The summed E-state index contributed by atoms with van der Waals surface area (Å²) < 4.78 is 65.3. The molecule has 1 saturated heterocycles. The highest BCUT2D eigenvalue weighted by Gasteiger charge is 2.39. The lowest BCUT2D eigenvalue weighted by Crippen LogP contribution is -2.28. The normalized spacial score (nSPS) is 16.9. The largest absolute Gasteiger partial charge is 0.417 e. The summed E-state index contributed by atoms with van der Waals surface area (Å²) in [4.78, 5) is 2.99. The fourth-order valence-electron chi connectivity index (χ4n) is 3.67. The van der Waals surface area contributed by atoms with Crippen molar-refractivity contribution in [2.24, 2.45) is 16.0 Å². The number of aliphatic imine (C=N–C) groups is 1. The van der Waals surface area contributed by atoms with Crippen molar-refractivity contribution in [3.8, 4) is 11.4 Å². The van der Waals surface area contributed by atoms with Gasteiger partial charge in [0.25, 0.3) is 0 Å². The standard InChI is InChI=1S/C19H22F3N7O2S/c1-11(3-6-15(24-2)12-7-9-25-10-8-12)13-4-5-14(19(20,21)22)17(32(23,30)31)16(13)18-26-28-29-27-18/h3-6,12,25H,2,7-10H2,1H3,(H2,23,30,31)(H,26,27,28,29)/b11-3+,15-6-. The number of aromatic nitrogens is 4. The number of sulfonamides is 1. The number of allylic oxidation sites excluding steroid dienone is 4. The van der Waals surface area contributed by atoms with E-state index in [9.17, 15) is 21.6 Å². The van der Waals surface area contributed by atoms with Crippen molar-refractivity contribution in [3.05, 3.63) is 41.1 Å². The van der Waals surface area contributed by atoms with Crippen LogP contribution < -0.4 is 10.5 Å². The molecule has 0 saturated carbocycles. The number of nitrogens with zero attached hydrogens (tertiary/aromatic N) is 4. The van der Waals surface area contributed by atoms with Gasteiger partial charge in [-0.1, -0.05) is 12.1 Å². The molecule has 2 aromatic rings. The van der Waals surface area contributed by atoms with E-state index in [-0.39, 0.29) is 22.9 Å². The van der Waals surface area contributed by atoms with E-state index < -0.39 is 26.7 Å². The average molecular weight is 469 g/mol. The smallest absolute Gasteiger partial charge is 0.317 e. The maximum Gasteiger partial charge on any atom is 0.417 e. The zero-order chi connectivity index (χ0) is 23.5. The third-order valence-electron chi connectivity index (χ3n) is 5.20. The Hall–Kier alpha value is -2.90. The Morgan fingerprint density at radius 1 is 1.28 bits per heavy atom. The van der Waals surface area contributed by atoms with Gasteiger partial charge in [-0.15, -0.1) is 5.10 Å². The molecule has 0 aliphatic carbocycles. The van der Waals surface area contributed by atoms with Crippen LogP contribution in [0.25, 0.3) is 17.0 Å². The lowest BCUT2D eigenvalue weighted by molar-refractivity contribution is -0.139. The Balaban J connectivity index is 2.21. The molecule has 1 aliphatic rings. The molecule has 13 heteroatoms. The molecule has 4 N–H and O–H groups in total. The van der Waals surface area contributed by atoms with E-state index in [0.29, 0.717) is 11.6 Å². The van der Waals surface area contributed by atoms with Crippen LogP contribution in [0.3, 0.4) is 0 Å². The third-order valence-corrected chi connectivity index (χ3v) is 6.19. The summed E-state index contributed by atoms with van der Waals surface area (Å²) in [6.45, 7) is 6.93. The van der Waals surface area contributed by atoms with Gasteiger partial charge in [-0.2, -0.15) is 13.2 Å². The number of rotatable bonds is 6. The molecule has 32 heavy (non-hydrogen) atoms. The molecule has 1 fully saturated rings. The summed E-state index contributed by atoms with van der Waals surface area (Å²) in [5, 5.41) is 21.1. The van der Waals surface area contributed by atoms with Crippen molar-refractivity contribution in [1.29, 1.82) is 0 Å². The lowest BCUT2D eigenvalue weighted by Gasteiger charge is -2.22. The van der Waals surface area contributed by atoms with E-state index in [1.54, 1.807) is 19.1 Å². The molecule has 1 aromatic heterocycles. The van der Waals surface area contributed by atoms with Crippen LogP contribution in [0, 0.1) is 5.92 Å². The van der Waals surface area contributed by atoms with Crippen LogP contribution in [0.15, 0.2) is 39.9 Å². The first-order chi connectivity index (χ1) is 15.0. The molecule has 172 valence electrons. The van der Waals surface area contributed by atoms with Crippen LogP contribution in [-0.4, -0.2) is 48.8 Å². The number of nitrogens with one attached hydrogen (secondary N) is 2. The Bertz CT molecular complexity index is 1150. The number of benzene rings is 1. The Morgan fingerprint density at radius 2 is 1.97 bits per heavy atom. The van der Waals surface area contributed by atoms with Crippen LogP contribution in [0.4, 0.5) is 13.2 Å². The predicted molar refractivity (Wildman–Crippen MR) is 113 cm³/mol. The number of hydrogen-bond donors (Lipinski definition) is 3. The highest BCUT2D eigenvalue weighted by atomic mass is 32.2. The maximum absolute atomic E-state index is 13.6. The van der Waals surface area contributed by atoms with Gasteiger partial charge < -0.3 is 5.32 Å². The van der Waals surface area contributed by atoms with E-state index >= 15 is 0 Å². The summed E-state index contributed by atoms with van der Waals surface area (Å²) in [7, 11) is -4.80. The predicted octanol–water partition coefficient (Wildman–Crippen LogP) is 2.52. The number of H-pyrrole nitrogens is 1. The van der Waals surface area contributed by atoms with Gasteiger partial charge in [0.1, 0.15) is 4.90 Å². The second-order valence-corrected chi connectivity index (χ2v) is 8.78. The molecule has 0 amide bonds. The topological polar surface area (TPSA) is 139 Å². The van der Waals surface area contributed by atoms with Gasteiger partial charge in [-0.25, -0.2) is 18.7 Å². The van der Waals surface area contributed by atoms with Gasteiger partial charge in [-0.05, 0) is 73.3 Å². The number of aromatic amines is 1. The monoisotopic (exact) mass is 469 g/mol. The van der Waals surface area contributed by atoms with Gasteiger partial charge >= 0.3 is 6.18 Å². The third kappa shape index (κ3) is 5.11. The summed E-state index contributed by atoms with van der Waals surface area (Å²) in [6.07, 6.45) is 0.171. The van der Waals surface area contributed by atoms with Gasteiger partial charge in [0, 0.05) is 17.2 Å². The molecule has 0 bridgehead atoms. The quantitative estimate of drug-likeness (QED) is 0.439. The van der Waals surface area contributed by atoms with Crippen molar-refractivity contribution >= 4 is 22.3 Å². The van der Waals surface area contributed by atoms with E-state index in [4.69, 9.17) is 5.14 Å². The highest BCUT2D eigenvalue weighted by Crippen LogP contribution is 2.41. The molecule has 9 nitrogen and oxygen atoms in total. The van der Waals surface area contributed by atoms with Gasteiger partial charge in [0.05, 0.1) is 5.56 Å². The lowest BCUT2D eigenvalue weighted by atomic mass is 9.93. The minimum atomic E-state index is -4.96. The van der Waals surface area contributed by atoms with E-state index in [1.165, 1.54) is 6.07 Å². The fraction of sp³-hybridized carbons (Fsp3) is 0.368. The molecule has 1 aromatic carbocycles. The number of nitrogens with two attached hydrogens (primary N) is 1. The van der Waals surface area contributed by atoms with E-state index in [0.717, 1.165) is 31.6 Å². The van der Waals surface area contributed by atoms with Crippen molar-refractivity contribution in [3.63, 3.8) is 0 Å². The van der Waals surface area contributed by atoms with Gasteiger partial charge in [-0.3, -0.25) is 4.99 Å². The minimum Gasteiger partial charge on any atom is -0.317 e. The molecule has 0 atom stereocenters. The van der Waals surface area contributed by atoms with Gasteiger partial charge in [0.2, 0.25) is 10.0 Å². The molecule has 0 spiro atoms. The average Bonchev–Trinajstić information content (AvgIpc) is 3.27. The summed E-state index contributed by atoms with van der Waals surface area (Å²) in [5.41, 5.74) is -0.380. The molecular weight excluding hydrogens is 447 g/mol. The number of alkyl halides is 3. The van der Waals surface area contributed by atoms with Crippen molar-refractivity contribution in [2.45, 2.75) is 30.8 Å². The summed E-state index contributed by atoms with van der Waals surface area (Å²) in [6, 6.07) is 1.85. The Kier molecular flexibility index (Phi) is 6.91. The first kappa shape index (κ1) is 23.8. The van der Waals surface area contributed by atoms with Crippen LogP contribution in [0.1, 0.15) is 30.9 Å². The molecular formula is C19H22F3N7O2S. The van der Waals surface area contributed by atoms with Crippen molar-refractivity contribution in [1.82, 2.24) is 25.9 Å². The number of primary sulfonamides is 1. The first-order valence-corrected chi connectivity index (χ1v) is 11.2. The number of piperidine rings is 1. The molecule has 2 heterocycles. The molecule has 0 unspecified atom stereocenters. The number of halogens is 3. The first-order valence-electron chi connectivity index (χ1n) is 9.61. The summed E-state index contributed by atoms with van der Waals surface area (Å²) in [5.74, 6) is -0.0596.